The van der Waals surface area contributed by atoms with Crippen LogP contribution in [-0.4, -0.2) is 27.7 Å². The second-order valence-electron chi connectivity index (χ2n) is 4.00. The fourth-order valence-corrected chi connectivity index (χ4v) is 1.88. The van der Waals surface area contributed by atoms with Gasteiger partial charge in [0.15, 0.2) is 0 Å². The molecule has 2 rings (SSSR count). The molecule has 1 unspecified atom stereocenters. The number of fused-ring (bicyclic) bond motifs is 1. The Morgan fingerprint density at radius 2 is 2.11 bits per heavy atom. The minimum Gasteiger partial charge on any atom is -0.496 e. The van der Waals surface area contributed by atoms with E-state index < -0.39 is 23.3 Å². The quantitative estimate of drug-likeness (QED) is 0.832. The first-order valence-corrected chi connectivity index (χ1v) is 5.51. The molecule has 0 radical (unpaired) electrons. The Morgan fingerprint density at radius 3 is 2.68 bits per heavy atom. The van der Waals surface area contributed by atoms with Crippen LogP contribution in [0.4, 0.5) is 0 Å². The number of nitrogens with one attached hydrogen (secondary N) is 1. The third kappa shape index (κ3) is 1.99. The Labute approximate surface area is 107 Å². The van der Waals surface area contributed by atoms with Gasteiger partial charge in [0, 0.05) is 0 Å². The number of ether oxygens (including phenoxy) is 1. The average Bonchev–Trinajstić information content (AvgIpc) is 2.37. The lowest BCUT2D eigenvalue weighted by Crippen LogP contribution is -2.39. The lowest BCUT2D eigenvalue weighted by molar-refractivity contribution is -0.140. The van der Waals surface area contributed by atoms with E-state index >= 15 is 0 Å². The van der Waals surface area contributed by atoms with E-state index in [9.17, 15) is 14.4 Å². The van der Waals surface area contributed by atoms with Gasteiger partial charge in [-0.3, -0.25) is 4.79 Å². The van der Waals surface area contributed by atoms with Gasteiger partial charge in [0.1, 0.15) is 17.2 Å². The van der Waals surface area contributed by atoms with E-state index in [0.717, 1.165) is 0 Å². The third-order valence-corrected chi connectivity index (χ3v) is 2.88. The van der Waals surface area contributed by atoms with Crippen LogP contribution < -0.4 is 16.0 Å². The monoisotopic (exact) mass is 264 g/mol. The van der Waals surface area contributed by atoms with Crippen LogP contribution in [0.15, 0.2) is 27.8 Å². The van der Waals surface area contributed by atoms with Crippen LogP contribution in [0.25, 0.3) is 10.9 Å². The number of rotatable bonds is 3. The molecule has 7 nitrogen and oxygen atoms in total. The number of aromatic amines is 1. The molecule has 0 bridgehead atoms. The summed E-state index contributed by atoms with van der Waals surface area (Å²) in [7, 11) is 1.39. The molecule has 2 aromatic rings. The summed E-state index contributed by atoms with van der Waals surface area (Å²) < 4.78 is 5.72. The molecule has 100 valence electrons. The number of aliphatic carboxylic acids is 1. The maximum Gasteiger partial charge on any atom is 0.329 e. The van der Waals surface area contributed by atoms with Crippen LogP contribution in [0.5, 0.6) is 5.75 Å². The third-order valence-electron chi connectivity index (χ3n) is 2.88. The number of hydrogen-bond acceptors (Lipinski definition) is 4. The summed E-state index contributed by atoms with van der Waals surface area (Å²) in [6, 6.07) is 3.49. The van der Waals surface area contributed by atoms with Crippen molar-refractivity contribution in [2.45, 2.75) is 13.0 Å². The van der Waals surface area contributed by atoms with Crippen molar-refractivity contribution in [3.8, 4) is 5.75 Å². The summed E-state index contributed by atoms with van der Waals surface area (Å²) in [5.41, 5.74) is -1.14. The molecule has 0 aliphatic carbocycles. The number of carboxylic acid groups (broad SMARTS) is 1. The summed E-state index contributed by atoms with van der Waals surface area (Å²) in [5, 5.41) is 9.09. The lowest BCUT2D eigenvalue weighted by Gasteiger charge is -2.11. The Bertz CT molecular complexity index is 759. The Hall–Kier alpha value is -2.57. The second-order valence-corrected chi connectivity index (χ2v) is 4.00. The van der Waals surface area contributed by atoms with Gasteiger partial charge in [-0.15, -0.1) is 0 Å². The topological polar surface area (TPSA) is 101 Å². The highest BCUT2D eigenvalue weighted by molar-refractivity contribution is 5.84. The number of H-pyrrole nitrogens is 1. The molecule has 0 saturated carbocycles. The van der Waals surface area contributed by atoms with Crippen LogP contribution in [-0.2, 0) is 4.79 Å². The Balaban J connectivity index is 2.92. The molecule has 0 spiro atoms. The fourth-order valence-electron chi connectivity index (χ4n) is 1.88. The second kappa shape index (κ2) is 4.60. The first kappa shape index (κ1) is 12.9. The van der Waals surface area contributed by atoms with Gasteiger partial charge in [-0.1, -0.05) is 6.07 Å². The fraction of sp³-hybridized carbons (Fsp3) is 0.250. The molecule has 7 heteroatoms. The number of nitrogens with zero attached hydrogens (tertiary/aromatic N) is 1. The summed E-state index contributed by atoms with van der Waals surface area (Å²) in [6.45, 7) is 1.26. The van der Waals surface area contributed by atoms with Crippen molar-refractivity contribution in [2.24, 2.45) is 0 Å². The van der Waals surface area contributed by atoms with Gasteiger partial charge in [-0.25, -0.2) is 14.2 Å². The Morgan fingerprint density at radius 1 is 1.42 bits per heavy atom. The van der Waals surface area contributed by atoms with Crippen LogP contribution in [0.3, 0.4) is 0 Å². The van der Waals surface area contributed by atoms with Crippen molar-refractivity contribution in [1.82, 2.24) is 9.55 Å². The van der Waals surface area contributed by atoms with E-state index in [-0.39, 0.29) is 11.1 Å². The molecule has 19 heavy (non-hydrogen) atoms. The highest BCUT2D eigenvalue weighted by Crippen LogP contribution is 2.19. The molecule has 0 aliphatic rings. The van der Waals surface area contributed by atoms with E-state index in [1.165, 1.54) is 14.0 Å². The summed E-state index contributed by atoms with van der Waals surface area (Å²) in [5.74, 6) is -0.980. The predicted octanol–water partition coefficient (Wildman–Crippen LogP) is 0.344. The van der Waals surface area contributed by atoms with Gasteiger partial charge in [-0.2, -0.15) is 0 Å². The van der Waals surface area contributed by atoms with Crippen LogP contribution in [0.2, 0.25) is 0 Å². The number of aromatic nitrogens is 2. The highest BCUT2D eigenvalue weighted by Gasteiger charge is 2.20. The zero-order chi connectivity index (χ0) is 14.2. The molecule has 0 saturated heterocycles. The van der Waals surface area contributed by atoms with E-state index in [4.69, 9.17) is 9.84 Å². The normalized spacial score (nSPS) is 12.3. The van der Waals surface area contributed by atoms with Gasteiger partial charge >= 0.3 is 11.7 Å². The van der Waals surface area contributed by atoms with Gasteiger partial charge in [0.2, 0.25) is 0 Å². The molecule has 1 atom stereocenters. The smallest absolute Gasteiger partial charge is 0.329 e. The predicted molar refractivity (Wildman–Crippen MR) is 67.7 cm³/mol. The van der Waals surface area contributed by atoms with Crippen LogP contribution >= 0.6 is 0 Å². The van der Waals surface area contributed by atoms with E-state index in [1.807, 2.05) is 0 Å². The number of benzene rings is 1. The zero-order valence-corrected chi connectivity index (χ0v) is 10.3. The van der Waals surface area contributed by atoms with Crippen molar-refractivity contribution in [3.05, 3.63) is 39.0 Å². The van der Waals surface area contributed by atoms with Gasteiger partial charge in [0.25, 0.3) is 5.56 Å². The van der Waals surface area contributed by atoms with Gasteiger partial charge < -0.3 is 14.8 Å². The van der Waals surface area contributed by atoms with E-state index in [2.05, 4.69) is 4.98 Å². The van der Waals surface area contributed by atoms with Crippen LogP contribution in [0.1, 0.15) is 13.0 Å². The number of carbonyl (C=O) groups is 1. The SMILES string of the molecule is COc1cccc2[nH]c(=O)n(C(C)C(=O)O)c(=O)c12. The Kier molecular flexibility index (Phi) is 3.12. The molecule has 1 aromatic carbocycles. The van der Waals surface area contributed by atoms with E-state index in [1.54, 1.807) is 18.2 Å². The first-order chi connectivity index (χ1) is 8.97. The molecule has 2 N–H and O–H groups in total. The van der Waals surface area contributed by atoms with E-state index in [0.29, 0.717) is 10.1 Å². The van der Waals surface area contributed by atoms with Crippen molar-refractivity contribution in [2.75, 3.05) is 7.11 Å². The molecular weight excluding hydrogens is 252 g/mol. The zero-order valence-electron chi connectivity index (χ0n) is 10.3. The number of carboxylic acids is 1. The largest absolute Gasteiger partial charge is 0.496 e. The lowest BCUT2D eigenvalue weighted by atomic mass is 10.2. The highest BCUT2D eigenvalue weighted by atomic mass is 16.5. The van der Waals surface area contributed by atoms with Crippen molar-refractivity contribution in [1.29, 1.82) is 0 Å². The number of methoxy groups -OCH3 is 1. The molecule has 0 fully saturated rings. The van der Waals surface area contributed by atoms with Crippen molar-refractivity contribution >= 4 is 16.9 Å². The van der Waals surface area contributed by atoms with Crippen molar-refractivity contribution < 1.29 is 14.6 Å². The minimum absolute atomic E-state index is 0.151. The summed E-state index contributed by atoms with van der Waals surface area (Å²) in [6.07, 6.45) is 0. The summed E-state index contributed by atoms with van der Waals surface area (Å²) in [4.78, 5) is 37.5. The molecular formula is C12H12N2O5. The molecule has 0 aliphatic heterocycles. The maximum atomic E-state index is 12.3. The molecule has 1 aromatic heterocycles. The van der Waals surface area contributed by atoms with Gasteiger partial charge in [0.05, 0.1) is 12.6 Å². The minimum atomic E-state index is -1.26. The molecule has 1 heterocycles. The summed E-state index contributed by atoms with van der Waals surface area (Å²) >= 11 is 0. The molecule has 0 amide bonds. The average molecular weight is 264 g/mol. The number of hydrogen-bond donors (Lipinski definition) is 2. The van der Waals surface area contributed by atoms with Crippen molar-refractivity contribution in [3.63, 3.8) is 0 Å². The van der Waals surface area contributed by atoms with Crippen LogP contribution in [0, 0.1) is 0 Å². The standard InChI is InChI=1S/C12H12N2O5/c1-6(11(16)17)14-10(15)9-7(13-12(14)18)4-3-5-8(9)19-2/h3-6H,1-2H3,(H,13,18)(H,16,17). The first-order valence-electron chi connectivity index (χ1n) is 5.51. The van der Waals surface area contributed by atoms with Gasteiger partial charge in [-0.05, 0) is 19.1 Å². The maximum absolute atomic E-state index is 12.3.